The summed E-state index contributed by atoms with van der Waals surface area (Å²) in [5, 5.41) is 12.9. The van der Waals surface area contributed by atoms with Gasteiger partial charge in [0.25, 0.3) is 0 Å². The van der Waals surface area contributed by atoms with Crippen LogP contribution in [0.4, 0.5) is 0 Å². The van der Waals surface area contributed by atoms with Gasteiger partial charge >= 0.3 is 11.9 Å². The maximum absolute atomic E-state index is 13.4. The van der Waals surface area contributed by atoms with Gasteiger partial charge in [-0.3, -0.25) is 14.9 Å². The SMILES string of the molecule is CCOC(=O)[C@H](CCc1ccccc1)NC(C)C(=O)N1C(C(=O)O)C[C@@H]2CCCC[C@H]21. The molecule has 2 fully saturated rings. The van der Waals surface area contributed by atoms with Crippen molar-refractivity contribution in [1.82, 2.24) is 10.2 Å². The van der Waals surface area contributed by atoms with Gasteiger partial charge in [-0.05, 0) is 57.4 Å². The smallest absolute Gasteiger partial charge is 0.326 e. The number of hydrogen-bond acceptors (Lipinski definition) is 5. The maximum Gasteiger partial charge on any atom is 0.326 e. The zero-order chi connectivity index (χ0) is 22.4. The summed E-state index contributed by atoms with van der Waals surface area (Å²) in [7, 11) is 0. The summed E-state index contributed by atoms with van der Waals surface area (Å²) in [5.41, 5.74) is 1.10. The number of carboxylic acid groups (broad SMARTS) is 1. The minimum atomic E-state index is -0.944. The number of aliphatic carboxylic acids is 1. The summed E-state index contributed by atoms with van der Waals surface area (Å²) in [4.78, 5) is 39.3. The van der Waals surface area contributed by atoms with E-state index in [9.17, 15) is 19.5 Å². The van der Waals surface area contributed by atoms with Crippen molar-refractivity contribution in [3.8, 4) is 0 Å². The fourth-order valence-electron chi connectivity index (χ4n) is 5.06. The molecule has 31 heavy (non-hydrogen) atoms. The van der Waals surface area contributed by atoms with Crippen LogP contribution in [0.15, 0.2) is 30.3 Å². The van der Waals surface area contributed by atoms with Crippen LogP contribution < -0.4 is 5.32 Å². The molecule has 2 aliphatic rings. The van der Waals surface area contributed by atoms with Gasteiger partial charge in [0.15, 0.2) is 0 Å². The second kappa shape index (κ2) is 10.8. The average Bonchev–Trinajstić information content (AvgIpc) is 3.16. The van der Waals surface area contributed by atoms with Crippen LogP contribution in [0.3, 0.4) is 0 Å². The van der Waals surface area contributed by atoms with Gasteiger partial charge in [0.2, 0.25) is 5.91 Å². The fourth-order valence-corrected chi connectivity index (χ4v) is 5.06. The summed E-state index contributed by atoms with van der Waals surface area (Å²) in [6, 6.07) is 7.75. The molecule has 5 atom stereocenters. The van der Waals surface area contributed by atoms with Crippen LogP contribution in [-0.4, -0.2) is 58.6 Å². The minimum absolute atomic E-state index is 0.0167. The molecule has 1 aliphatic heterocycles. The molecule has 1 heterocycles. The first-order valence-corrected chi connectivity index (χ1v) is 11.4. The van der Waals surface area contributed by atoms with E-state index >= 15 is 0 Å². The summed E-state index contributed by atoms with van der Waals surface area (Å²) < 4.78 is 5.22. The highest BCUT2D eigenvalue weighted by molar-refractivity contribution is 5.88. The maximum atomic E-state index is 13.4. The van der Waals surface area contributed by atoms with E-state index in [-0.39, 0.29) is 30.4 Å². The van der Waals surface area contributed by atoms with E-state index in [0.717, 1.165) is 31.2 Å². The van der Waals surface area contributed by atoms with Gasteiger partial charge in [-0.1, -0.05) is 43.2 Å². The standard InChI is InChI=1S/C24H34N2O5/c1-3-31-24(30)19(14-13-17-9-5-4-6-10-17)25-16(2)22(27)26-20-12-8-7-11-18(20)15-21(26)23(28)29/h4-6,9-10,16,18-21,25H,3,7-8,11-15H2,1-2H3,(H,28,29)/t16?,18-,19-,20+,21?/m0/s1. The first kappa shape index (κ1) is 23.3. The predicted octanol–water partition coefficient (Wildman–Crippen LogP) is 2.77. The third-order valence-corrected chi connectivity index (χ3v) is 6.58. The molecule has 0 radical (unpaired) electrons. The molecular weight excluding hydrogens is 396 g/mol. The third-order valence-electron chi connectivity index (χ3n) is 6.58. The average molecular weight is 431 g/mol. The second-order valence-corrected chi connectivity index (χ2v) is 8.66. The van der Waals surface area contributed by atoms with Crippen LogP contribution in [0, 0.1) is 5.92 Å². The lowest BCUT2D eigenvalue weighted by molar-refractivity contribution is -0.152. The van der Waals surface area contributed by atoms with Crippen LogP contribution in [0.2, 0.25) is 0 Å². The summed E-state index contributed by atoms with van der Waals surface area (Å²) in [5.74, 6) is -1.31. The topological polar surface area (TPSA) is 95.9 Å². The lowest BCUT2D eigenvalue weighted by Crippen LogP contribution is -2.55. The van der Waals surface area contributed by atoms with Gasteiger partial charge in [-0.2, -0.15) is 0 Å². The molecule has 170 valence electrons. The molecule has 7 heteroatoms. The number of ether oxygens (including phenoxy) is 1. The highest BCUT2D eigenvalue weighted by Gasteiger charge is 2.48. The van der Waals surface area contributed by atoms with E-state index in [1.807, 2.05) is 30.3 Å². The lowest BCUT2D eigenvalue weighted by atomic mass is 9.84. The number of carboxylic acids is 1. The number of hydrogen-bond donors (Lipinski definition) is 2. The number of likely N-dealkylation sites (tertiary alicyclic amines) is 1. The molecule has 7 nitrogen and oxygen atoms in total. The largest absolute Gasteiger partial charge is 0.480 e. The molecule has 1 saturated heterocycles. The zero-order valence-electron chi connectivity index (χ0n) is 18.5. The Labute approximate surface area is 184 Å². The Morgan fingerprint density at radius 2 is 1.90 bits per heavy atom. The van der Waals surface area contributed by atoms with Gasteiger partial charge in [0, 0.05) is 6.04 Å². The van der Waals surface area contributed by atoms with E-state index in [2.05, 4.69) is 5.32 Å². The Kier molecular flexibility index (Phi) is 8.07. The van der Waals surface area contributed by atoms with Crippen LogP contribution in [0.25, 0.3) is 0 Å². The molecule has 1 aromatic carbocycles. The van der Waals surface area contributed by atoms with E-state index in [1.165, 1.54) is 0 Å². The van der Waals surface area contributed by atoms with E-state index < -0.39 is 24.1 Å². The quantitative estimate of drug-likeness (QED) is 0.585. The first-order chi connectivity index (χ1) is 14.9. The van der Waals surface area contributed by atoms with Gasteiger partial charge in [-0.25, -0.2) is 4.79 Å². The summed E-state index contributed by atoms with van der Waals surface area (Å²) >= 11 is 0. The van der Waals surface area contributed by atoms with E-state index in [0.29, 0.717) is 19.3 Å². The third kappa shape index (κ3) is 5.64. The van der Waals surface area contributed by atoms with Crippen LogP contribution in [-0.2, 0) is 25.5 Å². The molecule has 1 aromatic rings. The number of aryl methyl sites for hydroxylation is 1. The van der Waals surface area contributed by atoms with Crippen LogP contribution in [0.1, 0.15) is 57.9 Å². The first-order valence-electron chi connectivity index (χ1n) is 11.4. The van der Waals surface area contributed by atoms with Crippen molar-refractivity contribution in [2.45, 2.75) is 83.0 Å². The molecule has 1 saturated carbocycles. The number of fused-ring (bicyclic) bond motifs is 1. The number of carbonyl (C=O) groups excluding carboxylic acids is 2. The van der Waals surface area contributed by atoms with Gasteiger partial charge in [-0.15, -0.1) is 0 Å². The van der Waals surface area contributed by atoms with E-state index in [4.69, 9.17) is 4.74 Å². The number of carbonyl (C=O) groups is 3. The van der Waals surface area contributed by atoms with Crippen molar-refractivity contribution in [3.63, 3.8) is 0 Å². The molecule has 3 rings (SSSR count). The Hall–Kier alpha value is -2.41. The molecule has 1 amide bonds. The Morgan fingerprint density at radius 1 is 1.19 bits per heavy atom. The van der Waals surface area contributed by atoms with Gasteiger partial charge in [0.1, 0.15) is 12.1 Å². The number of esters is 1. The van der Waals surface area contributed by atoms with Crippen LogP contribution >= 0.6 is 0 Å². The highest BCUT2D eigenvalue weighted by atomic mass is 16.5. The number of nitrogens with one attached hydrogen (secondary N) is 1. The summed E-state index contributed by atoms with van der Waals surface area (Å²) in [6.45, 7) is 3.74. The normalized spacial score (nSPS) is 24.8. The van der Waals surface area contributed by atoms with Crippen molar-refractivity contribution in [3.05, 3.63) is 35.9 Å². The van der Waals surface area contributed by atoms with Crippen molar-refractivity contribution in [1.29, 1.82) is 0 Å². The minimum Gasteiger partial charge on any atom is -0.480 e. The monoisotopic (exact) mass is 430 g/mol. The molecule has 1 aliphatic carbocycles. The fraction of sp³-hybridized carbons (Fsp3) is 0.625. The number of nitrogens with zero attached hydrogens (tertiary/aromatic N) is 1. The molecule has 0 aromatic heterocycles. The van der Waals surface area contributed by atoms with Gasteiger partial charge < -0.3 is 14.7 Å². The lowest BCUT2D eigenvalue weighted by Gasteiger charge is -2.35. The van der Waals surface area contributed by atoms with Crippen molar-refractivity contribution < 1.29 is 24.2 Å². The Balaban J connectivity index is 1.70. The predicted molar refractivity (Wildman–Crippen MR) is 116 cm³/mol. The molecule has 2 unspecified atom stereocenters. The molecule has 2 N–H and O–H groups in total. The molecule has 0 bridgehead atoms. The Morgan fingerprint density at radius 3 is 2.58 bits per heavy atom. The highest BCUT2D eigenvalue weighted by Crippen LogP contribution is 2.40. The van der Waals surface area contributed by atoms with Crippen LogP contribution in [0.5, 0.6) is 0 Å². The van der Waals surface area contributed by atoms with E-state index in [1.54, 1.807) is 18.7 Å². The van der Waals surface area contributed by atoms with Gasteiger partial charge in [0.05, 0.1) is 12.6 Å². The second-order valence-electron chi connectivity index (χ2n) is 8.66. The van der Waals surface area contributed by atoms with Crippen molar-refractivity contribution in [2.75, 3.05) is 6.61 Å². The Bertz CT molecular complexity index is 768. The number of rotatable bonds is 9. The molecule has 0 spiro atoms. The number of amides is 1. The summed E-state index contributed by atoms with van der Waals surface area (Å²) in [6.07, 6.45) is 5.62. The van der Waals surface area contributed by atoms with Crippen molar-refractivity contribution >= 4 is 17.8 Å². The molecular formula is C24H34N2O5. The number of benzene rings is 1. The zero-order valence-corrected chi connectivity index (χ0v) is 18.5. The van der Waals surface area contributed by atoms with Crippen molar-refractivity contribution in [2.24, 2.45) is 5.92 Å².